The molecule has 6 aliphatic rings. The number of aromatic amines is 1. The number of anilines is 1. The van der Waals surface area contributed by atoms with Crippen molar-refractivity contribution in [2.24, 2.45) is 11.3 Å². The Balaban J connectivity index is 1.37. The number of likely N-dealkylation sites (N-methyl/N-ethyl adjacent to an activating group) is 1. The minimum atomic E-state index is -2.30. The molecule has 9 rings (SSSR count). The third-order valence-corrected chi connectivity index (χ3v) is 16.2. The molecule has 2 unspecified atom stereocenters. The van der Waals surface area contributed by atoms with Crippen molar-refractivity contribution >= 4 is 34.5 Å². The van der Waals surface area contributed by atoms with Crippen LogP contribution in [0.3, 0.4) is 0 Å². The summed E-state index contributed by atoms with van der Waals surface area (Å²) in [5.74, 6) is -1.55. The fourth-order valence-corrected chi connectivity index (χ4v) is 13.8. The second kappa shape index (κ2) is 14.6. The van der Waals surface area contributed by atoms with E-state index in [4.69, 9.17) is 18.9 Å². The number of aromatic nitrogens is 1. The first-order valence-corrected chi connectivity index (χ1v) is 22.2. The number of esters is 3. The number of benzene rings is 2. The van der Waals surface area contributed by atoms with Crippen LogP contribution in [0.25, 0.3) is 10.9 Å². The number of carbonyl (C=O) groups is 3. The largest absolute Gasteiger partial charge is 0.496 e. The highest BCUT2D eigenvalue weighted by molar-refractivity contribution is 5.95. The molecule has 1 aliphatic carbocycles. The van der Waals surface area contributed by atoms with Gasteiger partial charge in [-0.3, -0.25) is 19.4 Å². The summed E-state index contributed by atoms with van der Waals surface area (Å²) < 4.78 is 24.1. The van der Waals surface area contributed by atoms with E-state index >= 15 is 4.79 Å². The fourth-order valence-electron chi connectivity index (χ4n) is 13.8. The van der Waals surface area contributed by atoms with E-state index in [1.54, 1.807) is 7.11 Å². The van der Waals surface area contributed by atoms with E-state index in [1.807, 2.05) is 31.9 Å². The van der Waals surface area contributed by atoms with Crippen molar-refractivity contribution in [1.29, 1.82) is 0 Å². The van der Waals surface area contributed by atoms with Gasteiger partial charge in [-0.2, -0.15) is 0 Å². The highest BCUT2D eigenvalue weighted by Gasteiger charge is 2.80. The minimum Gasteiger partial charge on any atom is -0.496 e. The maximum Gasteiger partial charge on any atom is 0.344 e. The SMILES string of the molecule is CCc1ccc2[nH]c3c(c2c1)CCN1C[C@H](C[C@@](O)(CC)C1)C[C@]3(C(=O)OC)c1cc2c(cc1OC)N(C)[C@H]1[C@@](O)(C(=O)OC)[C@H](OC(C)=O)[C@]3(CC)C=CCN4CC[C@]21C43. The molecule has 1 aromatic heterocycles. The Morgan fingerprint density at radius 3 is 2.38 bits per heavy atom. The highest BCUT2D eigenvalue weighted by Crippen LogP contribution is 2.68. The molecule has 0 radical (unpaired) electrons. The van der Waals surface area contributed by atoms with Gasteiger partial charge in [0.15, 0.2) is 6.10 Å². The summed E-state index contributed by atoms with van der Waals surface area (Å²) in [7, 11) is 6.18. The van der Waals surface area contributed by atoms with Crippen LogP contribution in [0.1, 0.15) is 87.7 Å². The summed E-state index contributed by atoms with van der Waals surface area (Å²) in [6, 6.07) is 9.30. The number of nitrogens with one attached hydrogen (secondary N) is 1. The molecule has 5 aliphatic heterocycles. The van der Waals surface area contributed by atoms with Crippen LogP contribution in [0.4, 0.5) is 5.69 Å². The summed E-state index contributed by atoms with van der Waals surface area (Å²) in [5.41, 5.74) is -0.399. The van der Waals surface area contributed by atoms with Gasteiger partial charge in [-0.1, -0.05) is 39.0 Å². The molecule has 0 amide bonds. The Hall–Kier alpha value is -4.43. The second-order valence-electron chi connectivity index (χ2n) is 18.9. The zero-order chi connectivity index (χ0) is 43.4. The summed E-state index contributed by atoms with van der Waals surface area (Å²) >= 11 is 0. The van der Waals surface area contributed by atoms with Gasteiger partial charge in [0, 0.05) is 90.9 Å². The van der Waals surface area contributed by atoms with Gasteiger partial charge < -0.3 is 39.0 Å². The molecule has 13 nitrogen and oxygen atoms in total. The molecule has 2 bridgehead atoms. The number of methoxy groups -OCH3 is 3. The number of ether oxygens (including phenoxy) is 4. The Kier molecular flexibility index (Phi) is 10.0. The number of aliphatic hydroxyl groups is 2. The van der Waals surface area contributed by atoms with E-state index in [2.05, 4.69) is 58.1 Å². The Labute approximate surface area is 358 Å². The van der Waals surface area contributed by atoms with Gasteiger partial charge in [0.1, 0.15) is 11.2 Å². The van der Waals surface area contributed by atoms with E-state index in [-0.39, 0.29) is 12.0 Å². The molecule has 10 atom stereocenters. The predicted octanol–water partition coefficient (Wildman–Crippen LogP) is 4.55. The first-order valence-electron chi connectivity index (χ1n) is 22.2. The van der Waals surface area contributed by atoms with E-state index in [0.29, 0.717) is 82.6 Å². The van der Waals surface area contributed by atoms with Crippen LogP contribution >= 0.6 is 0 Å². The second-order valence-corrected chi connectivity index (χ2v) is 18.9. The average Bonchev–Trinajstić information content (AvgIpc) is 3.92. The maximum absolute atomic E-state index is 15.4. The van der Waals surface area contributed by atoms with E-state index in [9.17, 15) is 19.8 Å². The number of carbonyl (C=O) groups excluding carboxylic acids is 3. The molecule has 2 aromatic carbocycles. The van der Waals surface area contributed by atoms with Crippen LogP contribution in [0.15, 0.2) is 42.5 Å². The maximum atomic E-state index is 15.4. The fraction of sp³-hybridized carbons (Fsp3) is 0.604. The molecular weight excluding hydrogens is 777 g/mol. The first-order chi connectivity index (χ1) is 29.2. The molecule has 1 saturated carbocycles. The predicted molar refractivity (Wildman–Crippen MR) is 230 cm³/mol. The molecule has 2 saturated heterocycles. The Bertz CT molecular complexity index is 2330. The number of H-pyrrole nitrogens is 1. The van der Waals surface area contributed by atoms with Crippen LogP contribution in [-0.2, 0) is 52.3 Å². The van der Waals surface area contributed by atoms with Crippen LogP contribution in [0, 0.1) is 11.3 Å². The topological polar surface area (TPSA) is 154 Å². The monoisotopic (exact) mass is 838 g/mol. The zero-order valence-corrected chi connectivity index (χ0v) is 36.9. The lowest BCUT2D eigenvalue weighted by Gasteiger charge is -2.63. The van der Waals surface area contributed by atoms with Crippen molar-refractivity contribution in [3.8, 4) is 5.75 Å². The van der Waals surface area contributed by atoms with Gasteiger partial charge in [0.05, 0.1) is 33.0 Å². The van der Waals surface area contributed by atoms with Gasteiger partial charge in [-0.15, -0.1) is 0 Å². The van der Waals surface area contributed by atoms with Crippen LogP contribution in [0.5, 0.6) is 5.75 Å². The molecule has 3 fully saturated rings. The standard InChI is InChI=1S/C48H62N4O9/c1-9-29-13-14-35-32(21-29)31-15-19-51-26-30(24-44(56,10-2)27-51)25-47(38(31)49-35,42(54)59-7)34-22-33-36(23-37(34)58-6)50(5)40-46(33)17-20-52-18-12-16-45(11-3,39(46)52)41(61-28(4)53)48(40,57)43(55)60-8/h12-14,16,21-23,30,39-41,49,56-57H,9-11,15,17-20,24-27H2,1-8H3/t30-,39?,40-,41-,44+,45-,46-,47+,48+/m1/s1. The molecule has 1 spiro atoms. The van der Waals surface area contributed by atoms with E-state index in [1.165, 1.54) is 26.7 Å². The van der Waals surface area contributed by atoms with Crippen LogP contribution < -0.4 is 9.64 Å². The van der Waals surface area contributed by atoms with Crippen molar-refractivity contribution in [2.75, 3.05) is 66.0 Å². The van der Waals surface area contributed by atoms with Crippen molar-refractivity contribution in [1.82, 2.24) is 14.8 Å². The molecule has 3 aromatic rings. The number of fused-ring (bicyclic) bond motifs is 6. The number of nitrogens with zero attached hydrogens (tertiary/aromatic N) is 3. The van der Waals surface area contributed by atoms with Gasteiger partial charge >= 0.3 is 17.9 Å². The third-order valence-electron chi connectivity index (χ3n) is 16.2. The molecule has 61 heavy (non-hydrogen) atoms. The number of piperidine rings is 1. The molecule has 328 valence electrons. The van der Waals surface area contributed by atoms with Crippen molar-refractivity contribution < 1.29 is 43.5 Å². The summed E-state index contributed by atoms with van der Waals surface area (Å²) in [5, 5.41) is 26.5. The molecular formula is C48H62N4O9. The highest BCUT2D eigenvalue weighted by atomic mass is 16.6. The molecule has 3 N–H and O–H groups in total. The zero-order valence-electron chi connectivity index (χ0n) is 36.9. The summed E-state index contributed by atoms with van der Waals surface area (Å²) in [6.07, 6.45) is 6.81. The summed E-state index contributed by atoms with van der Waals surface area (Å²) in [4.78, 5) is 53.4. The van der Waals surface area contributed by atoms with Gasteiger partial charge in [0.25, 0.3) is 0 Å². The quantitative estimate of drug-likeness (QED) is 0.166. The first kappa shape index (κ1) is 41.9. The number of hydrogen-bond acceptors (Lipinski definition) is 12. The van der Waals surface area contributed by atoms with E-state index in [0.717, 1.165) is 39.8 Å². The van der Waals surface area contributed by atoms with Crippen molar-refractivity contribution in [3.63, 3.8) is 0 Å². The van der Waals surface area contributed by atoms with Gasteiger partial charge in [0.2, 0.25) is 5.60 Å². The number of aryl methyl sites for hydroxylation is 1. The minimum absolute atomic E-state index is 0.102. The van der Waals surface area contributed by atoms with Crippen LogP contribution in [-0.4, -0.2) is 133 Å². The lowest BCUT2D eigenvalue weighted by atomic mass is 9.47. The van der Waals surface area contributed by atoms with Crippen LogP contribution in [0.2, 0.25) is 0 Å². The Morgan fingerprint density at radius 2 is 1.70 bits per heavy atom. The molecule has 6 heterocycles. The lowest BCUT2D eigenvalue weighted by Crippen LogP contribution is -2.81. The number of rotatable bonds is 8. The van der Waals surface area contributed by atoms with Gasteiger partial charge in [-0.25, -0.2) is 4.79 Å². The van der Waals surface area contributed by atoms with Crippen molar-refractivity contribution in [2.45, 2.75) is 113 Å². The summed E-state index contributed by atoms with van der Waals surface area (Å²) in [6.45, 7) is 10.8. The van der Waals surface area contributed by atoms with Gasteiger partial charge in [-0.05, 0) is 92.3 Å². The van der Waals surface area contributed by atoms with Crippen molar-refractivity contribution in [3.05, 3.63) is 70.4 Å². The smallest absolute Gasteiger partial charge is 0.344 e. The average molecular weight is 839 g/mol. The third kappa shape index (κ3) is 5.55. The molecule has 13 heteroatoms. The number of hydrogen-bond donors (Lipinski definition) is 3. The Morgan fingerprint density at radius 1 is 0.934 bits per heavy atom. The van der Waals surface area contributed by atoms with E-state index < -0.39 is 57.5 Å². The lowest BCUT2D eigenvalue weighted by molar-refractivity contribution is -0.228. The normalized spacial score (nSPS) is 36.2.